The summed E-state index contributed by atoms with van der Waals surface area (Å²) >= 11 is 13.4. The number of aliphatic hydroxyl groups is 1. The van der Waals surface area contributed by atoms with Gasteiger partial charge in [-0.05, 0) is 55.7 Å². The Balaban J connectivity index is 1.63. The number of carbonyl (C=O) groups excluding carboxylic acids is 2. The van der Waals surface area contributed by atoms with Crippen LogP contribution < -0.4 is 15.8 Å². The number of nitrogens with one attached hydrogen (secondary N) is 1. The van der Waals surface area contributed by atoms with Gasteiger partial charge in [0, 0.05) is 36.8 Å². The van der Waals surface area contributed by atoms with Gasteiger partial charge in [-0.3, -0.25) is 14.5 Å². The number of piperidine rings is 1. The monoisotopic (exact) mass is 477 g/mol. The van der Waals surface area contributed by atoms with Crippen LogP contribution in [0.2, 0.25) is 10.0 Å². The lowest BCUT2D eigenvalue weighted by Crippen LogP contribution is -2.43. The molecule has 0 bridgehead atoms. The summed E-state index contributed by atoms with van der Waals surface area (Å²) < 4.78 is 5.87. The molecule has 32 heavy (non-hydrogen) atoms. The molecular formula is C23H25Cl2N3O4. The van der Waals surface area contributed by atoms with E-state index < -0.39 is 5.91 Å². The van der Waals surface area contributed by atoms with Gasteiger partial charge < -0.3 is 20.9 Å². The van der Waals surface area contributed by atoms with Crippen molar-refractivity contribution in [1.29, 1.82) is 0 Å². The van der Waals surface area contributed by atoms with Gasteiger partial charge in [-0.25, -0.2) is 0 Å². The fraction of sp³-hybridized carbons (Fsp3) is 0.391. The van der Waals surface area contributed by atoms with E-state index in [0.29, 0.717) is 71.6 Å². The van der Waals surface area contributed by atoms with Gasteiger partial charge in [-0.15, -0.1) is 0 Å². The normalized spacial score (nSPS) is 20.7. The Morgan fingerprint density at radius 3 is 2.25 bits per heavy atom. The van der Waals surface area contributed by atoms with Crippen LogP contribution in [0.25, 0.3) is 0 Å². The van der Waals surface area contributed by atoms with Crippen molar-refractivity contribution in [1.82, 2.24) is 10.2 Å². The molecule has 2 amide bonds. The van der Waals surface area contributed by atoms with Gasteiger partial charge in [0.25, 0.3) is 0 Å². The molecule has 2 aromatic rings. The molecule has 0 spiro atoms. The van der Waals surface area contributed by atoms with E-state index in [9.17, 15) is 14.7 Å². The Bertz CT molecular complexity index is 984. The molecule has 2 aliphatic heterocycles. The summed E-state index contributed by atoms with van der Waals surface area (Å²) in [4.78, 5) is 26.0. The second-order valence-corrected chi connectivity index (χ2v) is 9.00. The number of nitrogens with two attached hydrogens (primary N) is 1. The molecule has 170 valence electrons. The van der Waals surface area contributed by atoms with Crippen LogP contribution >= 0.6 is 23.2 Å². The molecule has 4 N–H and O–H groups in total. The molecule has 2 aromatic carbocycles. The first-order chi connectivity index (χ1) is 15.3. The third-order valence-corrected chi connectivity index (χ3v) is 6.71. The number of hydrogen-bond donors (Lipinski definition) is 3. The number of rotatable bonds is 6. The molecule has 4 rings (SSSR count). The van der Waals surface area contributed by atoms with Crippen LogP contribution in [0.3, 0.4) is 0 Å². The average Bonchev–Trinajstić information content (AvgIpc) is 3.17. The summed E-state index contributed by atoms with van der Waals surface area (Å²) in [6, 6.07) is 9.52. The number of hydrogen-bond acceptors (Lipinski definition) is 5. The van der Waals surface area contributed by atoms with Crippen molar-refractivity contribution in [3.8, 4) is 11.5 Å². The summed E-state index contributed by atoms with van der Waals surface area (Å²) in [5, 5.41) is 13.7. The summed E-state index contributed by atoms with van der Waals surface area (Å²) in [5.74, 6) is 0.154. The van der Waals surface area contributed by atoms with Crippen LogP contribution in [0.5, 0.6) is 11.5 Å². The maximum Gasteiger partial charge on any atom is 0.248 e. The lowest BCUT2D eigenvalue weighted by atomic mass is 9.88. The predicted molar refractivity (Wildman–Crippen MR) is 122 cm³/mol. The van der Waals surface area contributed by atoms with Gasteiger partial charge in [-0.2, -0.15) is 0 Å². The standard InChI is InChI=1S/C23H25Cl2N3O4/c24-18-11-16(32-15-3-1-13(2-4-15)22(26)30)12-19(25)20(18)21(17-5-8-27-23(17)31)28-9-6-14(29)7-10-28/h1-4,11-12,14,17,21,29H,5-10H2,(H2,26,30)(H,27,31). The number of likely N-dealkylation sites (tertiary alicyclic amines) is 1. The Morgan fingerprint density at radius 1 is 1.09 bits per heavy atom. The summed E-state index contributed by atoms with van der Waals surface area (Å²) in [6.45, 7) is 1.94. The van der Waals surface area contributed by atoms with Crippen LogP contribution in [0, 0.1) is 5.92 Å². The van der Waals surface area contributed by atoms with Crippen LogP contribution in [0.4, 0.5) is 0 Å². The predicted octanol–water partition coefficient (Wildman–Crippen LogP) is 3.52. The van der Waals surface area contributed by atoms with E-state index in [4.69, 9.17) is 33.7 Å². The molecule has 0 aliphatic carbocycles. The fourth-order valence-electron chi connectivity index (χ4n) is 4.44. The first kappa shape index (κ1) is 22.9. The molecule has 9 heteroatoms. The van der Waals surface area contributed by atoms with Crippen LogP contribution in [-0.2, 0) is 4.79 Å². The molecule has 2 atom stereocenters. The highest BCUT2D eigenvalue weighted by molar-refractivity contribution is 6.36. The molecule has 0 aromatic heterocycles. The summed E-state index contributed by atoms with van der Waals surface area (Å²) in [6.07, 6.45) is 1.65. The zero-order chi connectivity index (χ0) is 22.8. The largest absolute Gasteiger partial charge is 0.457 e. The number of halogens is 2. The molecule has 7 nitrogen and oxygen atoms in total. The SMILES string of the molecule is NC(=O)c1ccc(Oc2cc(Cl)c(C(C3CCNC3=O)N3CCC(O)CC3)c(Cl)c2)cc1. The van der Waals surface area contributed by atoms with Crippen molar-refractivity contribution in [2.45, 2.75) is 31.4 Å². The number of aliphatic hydroxyl groups excluding tert-OH is 1. The highest BCUT2D eigenvalue weighted by atomic mass is 35.5. The zero-order valence-corrected chi connectivity index (χ0v) is 18.9. The van der Waals surface area contributed by atoms with Gasteiger partial charge in [-0.1, -0.05) is 23.2 Å². The quantitative estimate of drug-likeness (QED) is 0.590. The number of amides is 2. The Morgan fingerprint density at radius 2 is 1.72 bits per heavy atom. The van der Waals surface area contributed by atoms with Gasteiger partial charge in [0.2, 0.25) is 11.8 Å². The highest BCUT2D eigenvalue weighted by Crippen LogP contribution is 2.44. The van der Waals surface area contributed by atoms with Gasteiger partial charge >= 0.3 is 0 Å². The molecule has 0 saturated carbocycles. The highest BCUT2D eigenvalue weighted by Gasteiger charge is 2.40. The van der Waals surface area contributed by atoms with Crippen LogP contribution in [0.1, 0.15) is 41.2 Å². The number of benzene rings is 2. The van der Waals surface area contributed by atoms with Crippen LogP contribution in [-0.4, -0.2) is 47.6 Å². The third kappa shape index (κ3) is 4.86. The minimum atomic E-state index is -0.515. The molecular weight excluding hydrogens is 453 g/mol. The zero-order valence-electron chi connectivity index (χ0n) is 17.4. The maximum atomic E-state index is 12.6. The lowest BCUT2D eigenvalue weighted by Gasteiger charge is -2.39. The van der Waals surface area contributed by atoms with Crippen molar-refractivity contribution in [2.75, 3.05) is 19.6 Å². The molecule has 2 saturated heterocycles. The first-order valence-electron chi connectivity index (χ1n) is 10.6. The number of nitrogens with zero attached hydrogens (tertiary/aromatic N) is 1. The van der Waals surface area contributed by atoms with E-state index in [0.717, 1.165) is 0 Å². The Kier molecular flexibility index (Phi) is 6.90. The van der Waals surface area contributed by atoms with Crippen molar-refractivity contribution in [2.24, 2.45) is 11.7 Å². The number of primary amides is 1. The Hall–Kier alpha value is -2.32. The molecule has 2 unspecified atom stereocenters. The van der Waals surface area contributed by atoms with Crippen molar-refractivity contribution in [3.05, 3.63) is 57.6 Å². The minimum absolute atomic E-state index is 0.0110. The smallest absolute Gasteiger partial charge is 0.248 e. The van der Waals surface area contributed by atoms with E-state index in [1.807, 2.05) is 0 Å². The van der Waals surface area contributed by atoms with Crippen molar-refractivity contribution in [3.63, 3.8) is 0 Å². The van der Waals surface area contributed by atoms with E-state index in [1.165, 1.54) is 0 Å². The van der Waals surface area contributed by atoms with Crippen molar-refractivity contribution >= 4 is 35.0 Å². The fourth-order valence-corrected chi connectivity index (χ4v) is 5.13. The molecule has 2 heterocycles. The summed E-state index contributed by atoms with van der Waals surface area (Å²) in [7, 11) is 0. The molecule has 2 aliphatic rings. The number of ether oxygens (including phenoxy) is 1. The van der Waals surface area contributed by atoms with E-state index in [-0.39, 0.29) is 24.0 Å². The first-order valence-corrected chi connectivity index (χ1v) is 11.4. The number of carbonyl (C=O) groups is 2. The Labute approximate surface area is 196 Å². The third-order valence-electron chi connectivity index (χ3n) is 6.09. The van der Waals surface area contributed by atoms with E-state index >= 15 is 0 Å². The van der Waals surface area contributed by atoms with Crippen LogP contribution in [0.15, 0.2) is 36.4 Å². The average molecular weight is 478 g/mol. The molecule has 0 radical (unpaired) electrons. The lowest BCUT2D eigenvalue weighted by molar-refractivity contribution is -0.124. The minimum Gasteiger partial charge on any atom is -0.457 e. The van der Waals surface area contributed by atoms with E-state index in [2.05, 4.69) is 10.2 Å². The summed E-state index contributed by atoms with van der Waals surface area (Å²) in [5.41, 5.74) is 6.35. The van der Waals surface area contributed by atoms with Gasteiger partial charge in [0.05, 0.1) is 22.1 Å². The van der Waals surface area contributed by atoms with Gasteiger partial charge in [0.15, 0.2) is 0 Å². The maximum absolute atomic E-state index is 12.6. The topological polar surface area (TPSA) is 105 Å². The van der Waals surface area contributed by atoms with Crippen molar-refractivity contribution < 1.29 is 19.4 Å². The second-order valence-electron chi connectivity index (χ2n) is 8.19. The van der Waals surface area contributed by atoms with Gasteiger partial charge in [0.1, 0.15) is 11.5 Å². The van der Waals surface area contributed by atoms with E-state index in [1.54, 1.807) is 36.4 Å². The second kappa shape index (κ2) is 9.67. The molecule has 2 fully saturated rings.